The Labute approximate surface area is 70.1 Å². The normalized spacial score (nSPS) is 10.0. The zero-order valence-electron chi connectivity index (χ0n) is 6.65. The van der Waals surface area contributed by atoms with Crippen molar-refractivity contribution in [1.29, 1.82) is 0 Å². The van der Waals surface area contributed by atoms with Gasteiger partial charge in [0.15, 0.2) is 0 Å². The third kappa shape index (κ3) is 0.785. The molecule has 0 spiro atoms. The van der Waals surface area contributed by atoms with Gasteiger partial charge in [-0.25, -0.2) is 9.83 Å². The Morgan fingerprint density at radius 2 is 2.42 bits per heavy atom. The number of aromatic nitrogens is 2. The van der Waals surface area contributed by atoms with Gasteiger partial charge in [0.1, 0.15) is 5.65 Å². The number of rotatable bonds is 0. The molecule has 0 saturated heterocycles. The van der Waals surface area contributed by atoms with E-state index in [2.05, 4.69) is 9.83 Å². The molecule has 2 heterocycles. The lowest BCUT2D eigenvalue weighted by Gasteiger charge is -1.91. The van der Waals surface area contributed by atoms with Gasteiger partial charge in [0.2, 0.25) is 5.69 Å². The van der Waals surface area contributed by atoms with Gasteiger partial charge in [-0.2, -0.15) is 0 Å². The second-order valence-corrected chi connectivity index (χ2v) is 2.61. The van der Waals surface area contributed by atoms with E-state index in [1.807, 2.05) is 23.7 Å². The fourth-order valence-electron chi connectivity index (χ4n) is 1.28. The molecule has 0 aliphatic rings. The summed E-state index contributed by atoms with van der Waals surface area (Å²) in [5.74, 6) is 0. The van der Waals surface area contributed by atoms with E-state index < -0.39 is 0 Å². The SMILES string of the molecule is [C-]#[N+]c1cn(C)c2ncccc12. The lowest BCUT2D eigenvalue weighted by atomic mass is 10.3. The second-order valence-electron chi connectivity index (χ2n) is 2.61. The molecular weight excluding hydrogens is 150 g/mol. The summed E-state index contributed by atoms with van der Waals surface area (Å²) < 4.78 is 1.86. The van der Waals surface area contributed by atoms with Crippen LogP contribution in [0.4, 0.5) is 5.69 Å². The summed E-state index contributed by atoms with van der Waals surface area (Å²) in [7, 11) is 1.89. The first-order chi connectivity index (χ1) is 5.83. The van der Waals surface area contributed by atoms with Gasteiger partial charge in [-0.15, -0.1) is 0 Å². The third-order valence-electron chi connectivity index (χ3n) is 1.83. The van der Waals surface area contributed by atoms with Gasteiger partial charge in [0.25, 0.3) is 0 Å². The number of pyridine rings is 1. The van der Waals surface area contributed by atoms with Gasteiger partial charge in [-0.1, -0.05) is 6.07 Å². The molecule has 12 heavy (non-hydrogen) atoms. The second kappa shape index (κ2) is 2.35. The first-order valence-electron chi connectivity index (χ1n) is 3.60. The molecular formula is C9H7N3. The van der Waals surface area contributed by atoms with Gasteiger partial charge < -0.3 is 4.57 Å². The van der Waals surface area contributed by atoms with Crippen LogP contribution in [0.25, 0.3) is 15.9 Å². The molecule has 2 aromatic rings. The Morgan fingerprint density at radius 1 is 1.58 bits per heavy atom. The zero-order valence-corrected chi connectivity index (χ0v) is 6.65. The van der Waals surface area contributed by atoms with E-state index in [0.29, 0.717) is 5.69 Å². The van der Waals surface area contributed by atoms with Crippen LogP contribution in [0.15, 0.2) is 24.5 Å². The number of hydrogen-bond acceptors (Lipinski definition) is 1. The highest BCUT2D eigenvalue weighted by atomic mass is 15.0. The highest BCUT2D eigenvalue weighted by molar-refractivity contribution is 5.90. The molecule has 0 atom stereocenters. The van der Waals surface area contributed by atoms with Gasteiger partial charge >= 0.3 is 0 Å². The summed E-state index contributed by atoms with van der Waals surface area (Å²) in [4.78, 5) is 7.58. The quantitative estimate of drug-likeness (QED) is 0.537. The summed E-state index contributed by atoms with van der Waals surface area (Å²) in [5, 5.41) is 0.926. The van der Waals surface area contributed by atoms with E-state index >= 15 is 0 Å². The predicted octanol–water partition coefficient (Wildman–Crippen LogP) is 2.12. The molecule has 0 N–H and O–H groups in total. The van der Waals surface area contributed by atoms with Crippen molar-refractivity contribution >= 4 is 16.7 Å². The van der Waals surface area contributed by atoms with Crippen molar-refractivity contribution in [3.63, 3.8) is 0 Å². The molecule has 0 aromatic carbocycles. The van der Waals surface area contributed by atoms with Crippen molar-refractivity contribution < 1.29 is 0 Å². The van der Waals surface area contributed by atoms with E-state index in [1.165, 1.54) is 0 Å². The van der Waals surface area contributed by atoms with Crippen LogP contribution < -0.4 is 0 Å². The van der Waals surface area contributed by atoms with Gasteiger partial charge in [-0.05, 0) is 6.07 Å². The minimum atomic E-state index is 0.667. The van der Waals surface area contributed by atoms with Crippen molar-refractivity contribution in [3.05, 3.63) is 35.9 Å². The lowest BCUT2D eigenvalue weighted by molar-refractivity contribution is 0.950. The van der Waals surface area contributed by atoms with Crippen molar-refractivity contribution in [3.8, 4) is 0 Å². The van der Waals surface area contributed by atoms with Gasteiger partial charge in [0, 0.05) is 24.8 Å². The first-order valence-corrected chi connectivity index (χ1v) is 3.60. The maximum absolute atomic E-state index is 6.92. The molecule has 0 bridgehead atoms. The van der Waals surface area contributed by atoms with Crippen LogP contribution in [-0.4, -0.2) is 9.55 Å². The molecule has 0 radical (unpaired) electrons. The summed E-state index contributed by atoms with van der Waals surface area (Å²) in [6, 6.07) is 3.76. The van der Waals surface area contributed by atoms with Crippen LogP contribution in [0.2, 0.25) is 0 Å². The smallest absolute Gasteiger partial charge is 0.213 e. The Hall–Kier alpha value is -1.82. The average Bonchev–Trinajstić information content (AvgIpc) is 2.44. The zero-order chi connectivity index (χ0) is 8.55. The summed E-state index contributed by atoms with van der Waals surface area (Å²) in [5.41, 5.74) is 1.53. The third-order valence-corrected chi connectivity index (χ3v) is 1.83. The van der Waals surface area contributed by atoms with E-state index in [0.717, 1.165) is 11.0 Å². The summed E-state index contributed by atoms with van der Waals surface area (Å²) in [6.45, 7) is 6.92. The largest absolute Gasteiger partial charge is 0.347 e. The van der Waals surface area contributed by atoms with E-state index in [9.17, 15) is 0 Å². The minimum Gasteiger partial charge on any atom is -0.347 e. The first kappa shape index (κ1) is 6.86. The minimum absolute atomic E-state index is 0.667. The van der Waals surface area contributed by atoms with E-state index in [1.54, 1.807) is 12.4 Å². The Balaban J connectivity index is 2.94. The standard InChI is InChI=1S/C9H7N3/c1-10-8-6-12(2)9-7(8)4-3-5-11-9/h3-6H,2H3. The van der Waals surface area contributed by atoms with Gasteiger partial charge in [-0.3, -0.25) is 0 Å². The number of aryl methyl sites for hydroxylation is 1. The highest BCUT2D eigenvalue weighted by Gasteiger charge is 2.04. The van der Waals surface area contributed by atoms with Crippen molar-refractivity contribution in [2.45, 2.75) is 0 Å². The van der Waals surface area contributed by atoms with Crippen LogP contribution in [0, 0.1) is 6.57 Å². The van der Waals surface area contributed by atoms with Crippen LogP contribution in [0.1, 0.15) is 0 Å². The molecule has 0 fully saturated rings. The van der Waals surface area contributed by atoms with Crippen molar-refractivity contribution in [2.24, 2.45) is 7.05 Å². The van der Waals surface area contributed by atoms with E-state index in [-0.39, 0.29) is 0 Å². The maximum Gasteiger partial charge on any atom is 0.213 e. The maximum atomic E-state index is 6.92. The number of fused-ring (bicyclic) bond motifs is 1. The molecule has 0 aliphatic carbocycles. The predicted molar refractivity (Wildman–Crippen MR) is 47.0 cm³/mol. The number of hydrogen-bond donors (Lipinski definition) is 0. The molecule has 3 nitrogen and oxygen atoms in total. The Morgan fingerprint density at radius 3 is 3.17 bits per heavy atom. The topological polar surface area (TPSA) is 22.2 Å². The van der Waals surface area contributed by atoms with Crippen LogP contribution in [0.3, 0.4) is 0 Å². The lowest BCUT2D eigenvalue weighted by Crippen LogP contribution is -1.85. The van der Waals surface area contributed by atoms with Crippen LogP contribution in [0.5, 0.6) is 0 Å². The van der Waals surface area contributed by atoms with Gasteiger partial charge in [0.05, 0.1) is 6.57 Å². The van der Waals surface area contributed by atoms with Crippen LogP contribution >= 0.6 is 0 Å². The fourth-order valence-corrected chi connectivity index (χ4v) is 1.28. The molecule has 0 saturated carbocycles. The fraction of sp³-hybridized carbons (Fsp3) is 0.111. The summed E-state index contributed by atoms with van der Waals surface area (Å²) in [6.07, 6.45) is 3.53. The van der Waals surface area contributed by atoms with Crippen molar-refractivity contribution in [1.82, 2.24) is 9.55 Å². The molecule has 2 rings (SSSR count). The van der Waals surface area contributed by atoms with Crippen LogP contribution in [-0.2, 0) is 7.05 Å². The highest BCUT2D eigenvalue weighted by Crippen LogP contribution is 2.25. The molecule has 58 valence electrons. The molecule has 0 unspecified atom stereocenters. The Kier molecular flexibility index (Phi) is 1.34. The molecule has 2 aromatic heterocycles. The molecule has 0 aliphatic heterocycles. The molecule has 3 heteroatoms. The number of nitrogens with zero attached hydrogens (tertiary/aromatic N) is 3. The summed E-state index contributed by atoms with van der Waals surface area (Å²) >= 11 is 0. The Bertz CT molecular complexity index is 462. The van der Waals surface area contributed by atoms with Crippen molar-refractivity contribution in [2.75, 3.05) is 0 Å². The monoisotopic (exact) mass is 157 g/mol. The molecule has 0 amide bonds. The average molecular weight is 157 g/mol. The van der Waals surface area contributed by atoms with E-state index in [4.69, 9.17) is 6.57 Å².